The highest BCUT2D eigenvalue weighted by Crippen LogP contribution is 2.32. The molecule has 0 spiro atoms. The summed E-state index contributed by atoms with van der Waals surface area (Å²) in [5.74, 6) is 0. The summed E-state index contributed by atoms with van der Waals surface area (Å²) in [5, 5.41) is 7.83. The maximum Gasteiger partial charge on any atom is 0.0770 e. The van der Waals surface area contributed by atoms with E-state index in [0.717, 1.165) is 21.2 Å². The van der Waals surface area contributed by atoms with Gasteiger partial charge >= 0.3 is 0 Å². The lowest BCUT2D eigenvalue weighted by Crippen LogP contribution is -2.25. The van der Waals surface area contributed by atoms with Gasteiger partial charge in [-0.25, -0.2) is 0 Å². The molecule has 1 aromatic heterocycles. The summed E-state index contributed by atoms with van der Waals surface area (Å²) in [5.41, 5.74) is 3.60. The van der Waals surface area contributed by atoms with Crippen LogP contribution in [0.1, 0.15) is 29.8 Å². The van der Waals surface area contributed by atoms with Crippen LogP contribution in [-0.4, -0.2) is 16.3 Å². The van der Waals surface area contributed by atoms with Crippen LogP contribution in [-0.2, 0) is 7.05 Å². The zero-order valence-electron chi connectivity index (χ0n) is 11.2. The van der Waals surface area contributed by atoms with E-state index in [0.29, 0.717) is 0 Å². The van der Waals surface area contributed by atoms with E-state index in [1.165, 1.54) is 11.1 Å². The molecule has 0 amide bonds. The van der Waals surface area contributed by atoms with Gasteiger partial charge in [-0.1, -0.05) is 35.0 Å². The van der Waals surface area contributed by atoms with E-state index in [2.05, 4.69) is 74.3 Å². The first-order chi connectivity index (χ1) is 9.04. The molecule has 19 heavy (non-hydrogen) atoms. The van der Waals surface area contributed by atoms with Crippen molar-refractivity contribution in [3.05, 3.63) is 50.2 Å². The number of aromatic nitrogens is 2. The maximum atomic E-state index is 4.31. The minimum absolute atomic E-state index is 0.113. The summed E-state index contributed by atoms with van der Waals surface area (Å²) in [6.45, 7) is 5.10. The lowest BCUT2D eigenvalue weighted by atomic mass is 10.0. The van der Waals surface area contributed by atoms with Crippen LogP contribution in [0.15, 0.2) is 33.3 Å². The van der Waals surface area contributed by atoms with Gasteiger partial charge in [-0.15, -0.1) is 0 Å². The standard InChI is InChI=1S/C14H17Br2N3/c1-4-17-13(14-12(16)8-18-19(14)3)10-6-5-9(2)7-11(10)15/h5-8,13,17H,4H2,1-3H3. The molecule has 0 aliphatic carbocycles. The Labute approximate surface area is 130 Å². The third-order valence-corrected chi connectivity index (χ3v) is 4.38. The molecule has 0 fully saturated rings. The van der Waals surface area contributed by atoms with Crippen molar-refractivity contribution in [1.82, 2.24) is 15.1 Å². The summed E-state index contributed by atoms with van der Waals surface area (Å²) >= 11 is 7.25. The fourth-order valence-electron chi connectivity index (χ4n) is 2.17. The summed E-state index contributed by atoms with van der Waals surface area (Å²) in [6.07, 6.45) is 1.84. The number of nitrogens with one attached hydrogen (secondary N) is 1. The van der Waals surface area contributed by atoms with Gasteiger partial charge in [-0.05, 0) is 46.6 Å². The Balaban J connectivity index is 2.51. The van der Waals surface area contributed by atoms with E-state index in [1.54, 1.807) is 0 Å². The van der Waals surface area contributed by atoms with Crippen LogP contribution in [0.3, 0.4) is 0 Å². The van der Waals surface area contributed by atoms with Crippen LogP contribution in [0.4, 0.5) is 0 Å². The molecule has 1 N–H and O–H groups in total. The number of hydrogen-bond donors (Lipinski definition) is 1. The van der Waals surface area contributed by atoms with Crippen molar-refractivity contribution in [3.63, 3.8) is 0 Å². The SMILES string of the molecule is CCNC(c1ccc(C)cc1Br)c1c(Br)cnn1C. The van der Waals surface area contributed by atoms with E-state index >= 15 is 0 Å². The molecule has 2 aromatic rings. The molecule has 0 bridgehead atoms. The highest BCUT2D eigenvalue weighted by molar-refractivity contribution is 9.10. The average molecular weight is 387 g/mol. The predicted molar refractivity (Wildman–Crippen MR) is 85.3 cm³/mol. The minimum atomic E-state index is 0.113. The number of hydrogen-bond acceptors (Lipinski definition) is 2. The van der Waals surface area contributed by atoms with Crippen LogP contribution in [0.25, 0.3) is 0 Å². The molecule has 1 atom stereocenters. The van der Waals surface area contributed by atoms with Gasteiger partial charge in [0.1, 0.15) is 0 Å². The predicted octanol–water partition coefficient (Wildman–Crippen LogP) is 3.95. The zero-order chi connectivity index (χ0) is 14.0. The molecular weight excluding hydrogens is 370 g/mol. The van der Waals surface area contributed by atoms with Gasteiger partial charge < -0.3 is 5.32 Å². The highest BCUT2D eigenvalue weighted by atomic mass is 79.9. The van der Waals surface area contributed by atoms with Gasteiger partial charge in [-0.2, -0.15) is 5.10 Å². The number of benzene rings is 1. The lowest BCUT2D eigenvalue weighted by molar-refractivity contribution is 0.569. The van der Waals surface area contributed by atoms with Crippen LogP contribution in [0.5, 0.6) is 0 Å². The second-order valence-electron chi connectivity index (χ2n) is 4.52. The van der Waals surface area contributed by atoms with E-state index in [1.807, 2.05) is 17.9 Å². The van der Waals surface area contributed by atoms with Crippen molar-refractivity contribution < 1.29 is 0 Å². The number of rotatable bonds is 4. The Morgan fingerprint density at radius 2 is 2.05 bits per heavy atom. The second kappa shape index (κ2) is 6.20. The fraction of sp³-hybridized carbons (Fsp3) is 0.357. The Kier molecular flexibility index (Phi) is 4.81. The summed E-state index contributed by atoms with van der Waals surface area (Å²) in [6, 6.07) is 6.55. The molecule has 0 aliphatic rings. The van der Waals surface area contributed by atoms with E-state index in [-0.39, 0.29) is 6.04 Å². The Morgan fingerprint density at radius 3 is 2.58 bits per heavy atom. The monoisotopic (exact) mass is 385 g/mol. The van der Waals surface area contributed by atoms with E-state index in [4.69, 9.17) is 0 Å². The molecule has 0 saturated heterocycles. The molecule has 5 heteroatoms. The third-order valence-electron chi connectivity index (χ3n) is 3.09. The first kappa shape index (κ1) is 14.8. The Morgan fingerprint density at radius 1 is 1.32 bits per heavy atom. The van der Waals surface area contributed by atoms with Crippen LogP contribution in [0.2, 0.25) is 0 Å². The van der Waals surface area contributed by atoms with Crippen molar-refractivity contribution in [2.75, 3.05) is 6.54 Å². The quantitative estimate of drug-likeness (QED) is 0.861. The number of nitrogens with zero attached hydrogens (tertiary/aromatic N) is 2. The number of halogens is 2. The van der Waals surface area contributed by atoms with Gasteiger partial charge in [0.05, 0.1) is 22.4 Å². The summed E-state index contributed by atoms with van der Waals surface area (Å²) in [7, 11) is 1.96. The summed E-state index contributed by atoms with van der Waals surface area (Å²) in [4.78, 5) is 0. The smallest absolute Gasteiger partial charge is 0.0770 e. The van der Waals surface area contributed by atoms with Gasteiger partial charge in [0.2, 0.25) is 0 Å². The van der Waals surface area contributed by atoms with Gasteiger partial charge in [0.25, 0.3) is 0 Å². The van der Waals surface area contributed by atoms with Crippen molar-refractivity contribution >= 4 is 31.9 Å². The van der Waals surface area contributed by atoms with Crippen molar-refractivity contribution in [1.29, 1.82) is 0 Å². The zero-order valence-corrected chi connectivity index (χ0v) is 14.4. The molecule has 0 saturated carbocycles. The van der Waals surface area contributed by atoms with Crippen molar-refractivity contribution in [2.45, 2.75) is 19.9 Å². The molecule has 1 aromatic carbocycles. The molecule has 102 valence electrons. The first-order valence-corrected chi connectivity index (χ1v) is 7.80. The molecule has 0 radical (unpaired) electrons. The van der Waals surface area contributed by atoms with E-state index in [9.17, 15) is 0 Å². The van der Waals surface area contributed by atoms with E-state index < -0.39 is 0 Å². The van der Waals surface area contributed by atoms with Crippen LogP contribution in [0, 0.1) is 6.92 Å². The highest BCUT2D eigenvalue weighted by Gasteiger charge is 2.21. The van der Waals surface area contributed by atoms with Gasteiger partial charge in [-0.3, -0.25) is 4.68 Å². The molecule has 2 rings (SSSR count). The van der Waals surface area contributed by atoms with Crippen molar-refractivity contribution in [3.8, 4) is 0 Å². The topological polar surface area (TPSA) is 29.9 Å². The molecule has 1 heterocycles. The molecular formula is C14H17Br2N3. The Hall–Kier alpha value is -0.650. The third kappa shape index (κ3) is 3.09. The van der Waals surface area contributed by atoms with Gasteiger partial charge in [0, 0.05) is 11.5 Å². The Bertz CT molecular complexity index is 559. The first-order valence-electron chi connectivity index (χ1n) is 6.21. The maximum absolute atomic E-state index is 4.31. The molecule has 0 aliphatic heterocycles. The second-order valence-corrected chi connectivity index (χ2v) is 6.23. The summed E-state index contributed by atoms with van der Waals surface area (Å²) < 4.78 is 4.05. The molecule has 3 nitrogen and oxygen atoms in total. The van der Waals surface area contributed by atoms with Crippen LogP contribution >= 0.6 is 31.9 Å². The normalized spacial score (nSPS) is 12.7. The average Bonchev–Trinajstić information content (AvgIpc) is 2.67. The van der Waals surface area contributed by atoms with Crippen LogP contribution < -0.4 is 5.32 Å². The van der Waals surface area contributed by atoms with Crippen molar-refractivity contribution in [2.24, 2.45) is 7.05 Å². The molecule has 1 unspecified atom stereocenters. The minimum Gasteiger partial charge on any atom is -0.305 e. The lowest BCUT2D eigenvalue weighted by Gasteiger charge is -2.21. The van der Waals surface area contributed by atoms with Gasteiger partial charge in [0.15, 0.2) is 0 Å². The fourth-order valence-corrected chi connectivity index (χ4v) is 3.47. The number of aryl methyl sites for hydroxylation is 2. The largest absolute Gasteiger partial charge is 0.305 e.